The Kier molecular flexibility index (Phi) is 5.10. The van der Waals surface area contributed by atoms with E-state index in [4.69, 9.17) is 11.6 Å². The molecule has 0 bridgehead atoms. The minimum atomic E-state index is 0.0151. The quantitative estimate of drug-likeness (QED) is 0.599. The maximum absolute atomic E-state index is 12.0. The maximum atomic E-state index is 12.0. The largest absolute Gasteiger partial charge is 0.292 e. The van der Waals surface area contributed by atoms with Crippen molar-refractivity contribution in [2.75, 3.05) is 5.88 Å². The Morgan fingerprint density at radius 3 is 2.74 bits per heavy atom. The normalized spacial score (nSPS) is 10.6. The number of alkyl halides is 1. The summed E-state index contributed by atoms with van der Waals surface area (Å²) in [4.78, 5) is 12.0. The second kappa shape index (κ2) is 6.82. The number of halogens is 2. The van der Waals surface area contributed by atoms with E-state index in [1.54, 1.807) is 23.0 Å². The lowest BCUT2D eigenvalue weighted by molar-refractivity contribution is 0.0967. The second-order valence-corrected chi connectivity index (χ2v) is 5.42. The third kappa shape index (κ3) is 4.14. The first-order valence-corrected chi connectivity index (χ1v) is 7.25. The lowest BCUT2D eigenvalue weighted by atomic mass is 10.1. The van der Waals surface area contributed by atoms with Crippen molar-refractivity contribution >= 4 is 33.3 Å². The van der Waals surface area contributed by atoms with E-state index in [1.807, 2.05) is 12.1 Å². The van der Waals surface area contributed by atoms with Crippen LogP contribution in [0.4, 0.5) is 0 Å². The summed E-state index contributed by atoms with van der Waals surface area (Å²) in [6.07, 6.45) is 3.44. The Morgan fingerprint density at radius 1 is 1.32 bits per heavy atom. The van der Waals surface area contributed by atoms with Crippen LogP contribution in [-0.4, -0.2) is 26.7 Å². The average Bonchev–Trinajstić information content (AvgIpc) is 2.84. The number of aryl methyl sites for hydroxylation is 1. The van der Waals surface area contributed by atoms with Crippen molar-refractivity contribution in [3.63, 3.8) is 0 Å². The molecule has 0 unspecified atom stereocenters. The van der Waals surface area contributed by atoms with Crippen LogP contribution in [-0.2, 0) is 13.0 Å². The molecular weight excluding hydrogens is 330 g/mol. The van der Waals surface area contributed by atoms with Crippen LogP contribution in [0.2, 0.25) is 0 Å². The molecule has 4 nitrogen and oxygen atoms in total. The SMILES string of the molecule is O=C(Cn1cc(CCCCl)nn1)c1ccc(Br)cc1. The Labute approximate surface area is 124 Å². The summed E-state index contributed by atoms with van der Waals surface area (Å²) in [7, 11) is 0. The molecule has 0 saturated carbocycles. The summed E-state index contributed by atoms with van der Waals surface area (Å²) in [5.41, 5.74) is 1.53. The molecule has 0 aliphatic heterocycles. The first-order chi connectivity index (χ1) is 9.19. The van der Waals surface area contributed by atoms with Crippen molar-refractivity contribution in [1.29, 1.82) is 0 Å². The van der Waals surface area contributed by atoms with E-state index in [2.05, 4.69) is 26.2 Å². The zero-order chi connectivity index (χ0) is 13.7. The Bertz CT molecular complexity index is 553. The molecule has 1 heterocycles. The van der Waals surface area contributed by atoms with Gasteiger partial charge < -0.3 is 0 Å². The number of hydrogen-bond donors (Lipinski definition) is 0. The van der Waals surface area contributed by atoms with E-state index < -0.39 is 0 Å². The van der Waals surface area contributed by atoms with Gasteiger partial charge in [0.25, 0.3) is 0 Å². The summed E-state index contributed by atoms with van der Waals surface area (Å²) < 4.78 is 2.52. The molecular formula is C13H13BrClN3O. The van der Waals surface area contributed by atoms with E-state index in [0.29, 0.717) is 11.4 Å². The highest BCUT2D eigenvalue weighted by molar-refractivity contribution is 9.10. The third-order valence-corrected chi connectivity index (χ3v) is 3.42. The molecule has 19 heavy (non-hydrogen) atoms. The molecule has 0 fully saturated rings. The number of benzene rings is 1. The molecule has 6 heteroatoms. The Hall–Kier alpha value is -1.20. The van der Waals surface area contributed by atoms with Gasteiger partial charge >= 0.3 is 0 Å². The fourth-order valence-corrected chi connectivity index (χ4v) is 2.05. The number of aromatic nitrogens is 3. The number of Topliss-reactive ketones (excluding diaryl/α,β-unsaturated/α-hetero) is 1. The van der Waals surface area contributed by atoms with Crippen LogP contribution in [0.1, 0.15) is 22.5 Å². The monoisotopic (exact) mass is 341 g/mol. The van der Waals surface area contributed by atoms with Crippen molar-refractivity contribution in [2.24, 2.45) is 0 Å². The maximum Gasteiger partial charge on any atom is 0.184 e. The highest BCUT2D eigenvalue weighted by Crippen LogP contribution is 2.11. The lowest BCUT2D eigenvalue weighted by Gasteiger charge is -2.00. The molecule has 0 spiro atoms. The van der Waals surface area contributed by atoms with Crippen molar-refractivity contribution in [2.45, 2.75) is 19.4 Å². The summed E-state index contributed by atoms with van der Waals surface area (Å²) in [5, 5.41) is 7.95. The van der Waals surface area contributed by atoms with Crippen molar-refractivity contribution < 1.29 is 4.79 Å². The van der Waals surface area contributed by atoms with Gasteiger partial charge in [0.15, 0.2) is 5.78 Å². The number of hydrogen-bond acceptors (Lipinski definition) is 3. The predicted octanol–water partition coefficient (Wildman–Crippen LogP) is 3.09. The van der Waals surface area contributed by atoms with E-state index in [1.165, 1.54) is 0 Å². The molecule has 2 rings (SSSR count). The van der Waals surface area contributed by atoms with Crippen LogP contribution in [0.5, 0.6) is 0 Å². The van der Waals surface area contributed by atoms with E-state index in [9.17, 15) is 4.79 Å². The first-order valence-electron chi connectivity index (χ1n) is 5.93. The predicted molar refractivity (Wildman–Crippen MR) is 77.5 cm³/mol. The Morgan fingerprint density at radius 2 is 2.05 bits per heavy atom. The van der Waals surface area contributed by atoms with Crippen LogP contribution in [0.25, 0.3) is 0 Å². The molecule has 0 N–H and O–H groups in total. The van der Waals surface area contributed by atoms with E-state index in [0.717, 1.165) is 23.0 Å². The molecule has 0 atom stereocenters. The molecule has 0 radical (unpaired) electrons. The van der Waals surface area contributed by atoms with Gasteiger partial charge in [0.1, 0.15) is 6.54 Å². The van der Waals surface area contributed by atoms with Crippen molar-refractivity contribution in [3.05, 3.63) is 46.2 Å². The number of ketones is 1. The fourth-order valence-electron chi connectivity index (χ4n) is 1.65. The molecule has 0 saturated heterocycles. The standard InChI is InChI=1S/C13H13BrClN3O/c14-11-5-3-10(4-6-11)13(19)9-18-8-12(16-17-18)2-1-7-15/h3-6,8H,1-2,7,9H2. The number of rotatable bonds is 6. The van der Waals surface area contributed by atoms with Gasteiger partial charge in [-0.25, -0.2) is 4.68 Å². The van der Waals surface area contributed by atoms with Gasteiger partial charge in [-0.3, -0.25) is 4.79 Å². The second-order valence-electron chi connectivity index (χ2n) is 4.13. The molecule has 1 aromatic heterocycles. The molecule has 2 aromatic rings. The summed E-state index contributed by atoms with van der Waals surface area (Å²) in [6, 6.07) is 7.27. The molecule has 100 valence electrons. The number of carbonyl (C=O) groups is 1. The van der Waals surface area contributed by atoms with Gasteiger partial charge in [0.2, 0.25) is 0 Å². The Balaban J connectivity index is 1.98. The fraction of sp³-hybridized carbons (Fsp3) is 0.308. The van der Waals surface area contributed by atoms with Gasteiger partial charge in [-0.15, -0.1) is 16.7 Å². The van der Waals surface area contributed by atoms with Gasteiger partial charge in [0, 0.05) is 22.1 Å². The highest BCUT2D eigenvalue weighted by atomic mass is 79.9. The summed E-state index contributed by atoms with van der Waals surface area (Å²) >= 11 is 8.96. The molecule has 1 aromatic carbocycles. The third-order valence-electron chi connectivity index (χ3n) is 2.62. The van der Waals surface area contributed by atoms with Gasteiger partial charge in [-0.05, 0) is 25.0 Å². The topological polar surface area (TPSA) is 47.8 Å². The van der Waals surface area contributed by atoms with Crippen molar-refractivity contribution in [1.82, 2.24) is 15.0 Å². The van der Waals surface area contributed by atoms with Crippen molar-refractivity contribution in [3.8, 4) is 0 Å². The van der Waals surface area contributed by atoms with Gasteiger partial charge in [-0.2, -0.15) is 0 Å². The molecule has 0 amide bonds. The zero-order valence-electron chi connectivity index (χ0n) is 10.2. The average molecular weight is 343 g/mol. The summed E-state index contributed by atoms with van der Waals surface area (Å²) in [6.45, 7) is 0.204. The number of nitrogens with zero attached hydrogens (tertiary/aromatic N) is 3. The highest BCUT2D eigenvalue weighted by Gasteiger charge is 2.08. The molecule has 0 aliphatic carbocycles. The number of carbonyl (C=O) groups excluding carboxylic acids is 1. The summed E-state index contributed by atoms with van der Waals surface area (Å²) in [5.74, 6) is 0.617. The van der Waals surface area contributed by atoms with E-state index in [-0.39, 0.29) is 12.3 Å². The van der Waals surface area contributed by atoms with E-state index >= 15 is 0 Å². The van der Waals surface area contributed by atoms with Crippen LogP contribution in [0, 0.1) is 0 Å². The zero-order valence-corrected chi connectivity index (χ0v) is 12.6. The minimum absolute atomic E-state index is 0.0151. The smallest absolute Gasteiger partial charge is 0.184 e. The van der Waals surface area contributed by atoms with Crippen LogP contribution in [0.15, 0.2) is 34.9 Å². The van der Waals surface area contributed by atoms with Gasteiger partial charge in [-0.1, -0.05) is 33.3 Å². The van der Waals surface area contributed by atoms with Gasteiger partial charge in [0.05, 0.1) is 5.69 Å². The minimum Gasteiger partial charge on any atom is -0.292 e. The van der Waals surface area contributed by atoms with Crippen LogP contribution < -0.4 is 0 Å². The lowest BCUT2D eigenvalue weighted by Crippen LogP contribution is -2.10. The first kappa shape index (κ1) is 14.2. The van der Waals surface area contributed by atoms with Crippen LogP contribution >= 0.6 is 27.5 Å². The molecule has 0 aliphatic rings. The van der Waals surface area contributed by atoms with Crippen LogP contribution in [0.3, 0.4) is 0 Å².